The number of aliphatic carboxylic acids is 1. The highest BCUT2D eigenvalue weighted by atomic mass is 19.3. The first-order valence-electron chi connectivity index (χ1n) is 7.54. The predicted octanol–water partition coefficient (Wildman–Crippen LogP) is 3.81. The molecule has 0 saturated carbocycles. The molecule has 136 valence electrons. The number of alkyl halides is 2. The summed E-state index contributed by atoms with van der Waals surface area (Å²) in [6.07, 6.45) is -1.12. The Hall–Kier alpha value is -1.96. The Morgan fingerprint density at radius 2 is 2.00 bits per heavy atom. The van der Waals surface area contributed by atoms with Gasteiger partial charge < -0.3 is 19.3 Å². The molecule has 5 nitrogen and oxygen atoms in total. The highest BCUT2D eigenvalue weighted by Gasteiger charge is 2.41. The van der Waals surface area contributed by atoms with Gasteiger partial charge in [0.2, 0.25) is 5.82 Å². The van der Waals surface area contributed by atoms with E-state index in [1.54, 1.807) is 6.92 Å². The van der Waals surface area contributed by atoms with Crippen LogP contribution in [-0.4, -0.2) is 37.0 Å². The summed E-state index contributed by atoms with van der Waals surface area (Å²) in [6.45, 7) is 2.53. The maximum absolute atomic E-state index is 14.2. The third kappa shape index (κ3) is 4.31. The molecule has 0 bridgehead atoms. The van der Waals surface area contributed by atoms with E-state index in [1.165, 1.54) is 13.2 Å². The van der Waals surface area contributed by atoms with Gasteiger partial charge in [0.1, 0.15) is 0 Å². The van der Waals surface area contributed by atoms with Gasteiger partial charge in [-0.15, -0.1) is 0 Å². The van der Waals surface area contributed by atoms with Gasteiger partial charge >= 0.3 is 12.6 Å². The van der Waals surface area contributed by atoms with Crippen molar-refractivity contribution < 1.29 is 37.3 Å². The molecule has 0 spiro atoms. The number of benzene rings is 1. The summed E-state index contributed by atoms with van der Waals surface area (Å²) in [5, 5.41) is 9.19. The highest BCUT2D eigenvalue weighted by molar-refractivity contribution is 5.74. The molecule has 1 N–H and O–H groups in total. The molecule has 0 radical (unpaired) electrons. The summed E-state index contributed by atoms with van der Waals surface area (Å²) in [5.41, 5.74) is 0.248. The Kier molecular flexibility index (Phi) is 7.34. The minimum absolute atomic E-state index is 0.248. The monoisotopic (exact) mass is 350 g/mol. The van der Waals surface area contributed by atoms with E-state index >= 15 is 0 Å². The number of carbonyl (C=O) groups is 1. The predicted molar refractivity (Wildman–Crippen MR) is 80.3 cm³/mol. The smallest absolute Gasteiger partial charge is 0.387 e. The first-order chi connectivity index (χ1) is 11.3. The lowest BCUT2D eigenvalue weighted by Crippen LogP contribution is -2.25. The van der Waals surface area contributed by atoms with E-state index < -0.39 is 36.2 Å². The Morgan fingerprint density at radius 3 is 2.50 bits per heavy atom. The molecule has 0 aromatic heterocycles. The van der Waals surface area contributed by atoms with Crippen LogP contribution >= 0.6 is 0 Å². The van der Waals surface area contributed by atoms with Crippen LogP contribution in [0.1, 0.15) is 38.7 Å². The molecule has 0 aliphatic carbocycles. The van der Waals surface area contributed by atoms with Crippen molar-refractivity contribution in [2.75, 3.05) is 7.11 Å². The van der Waals surface area contributed by atoms with Gasteiger partial charge in [-0.1, -0.05) is 19.9 Å². The minimum Gasteiger partial charge on any atom is -0.493 e. The van der Waals surface area contributed by atoms with Crippen molar-refractivity contribution in [3.63, 3.8) is 0 Å². The standard InChI is InChI=1S/C14H15F3O5.C2H6/c1-6-5-8(12(21-6)13(18)19)7-3-4-9(22-14(16)17)10(15)11(7)20-2;1-2/h3-4,6,8,12,14H,5H2,1-2H3,(H,18,19);1-2H3. The number of carboxylic acids is 1. The molecule has 1 heterocycles. The summed E-state index contributed by atoms with van der Waals surface area (Å²) < 4.78 is 52.9. The second-order valence-electron chi connectivity index (χ2n) is 4.93. The van der Waals surface area contributed by atoms with E-state index in [1.807, 2.05) is 13.8 Å². The van der Waals surface area contributed by atoms with Gasteiger partial charge in [0.05, 0.1) is 13.2 Å². The van der Waals surface area contributed by atoms with Crippen LogP contribution < -0.4 is 9.47 Å². The average Bonchev–Trinajstić information content (AvgIpc) is 2.92. The molecule has 1 saturated heterocycles. The molecular formula is C16H21F3O5. The number of rotatable bonds is 5. The van der Waals surface area contributed by atoms with Gasteiger partial charge in [0.25, 0.3) is 0 Å². The highest BCUT2D eigenvalue weighted by Crippen LogP contribution is 2.42. The third-order valence-electron chi connectivity index (χ3n) is 3.49. The molecular weight excluding hydrogens is 329 g/mol. The number of halogens is 3. The van der Waals surface area contributed by atoms with Crippen LogP contribution in [0.15, 0.2) is 12.1 Å². The second kappa shape index (κ2) is 8.77. The normalized spacial score (nSPS) is 22.8. The van der Waals surface area contributed by atoms with Crippen LogP contribution in [0, 0.1) is 5.82 Å². The maximum atomic E-state index is 14.2. The Bertz CT molecular complexity index is 565. The van der Waals surface area contributed by atoms with Gasteiger partial charge in [-0.05, 0) is 19.4 Å². The van der Waals surface area contributed by atoms with Crippen LogP contribution in [0.25, 0.3) is 0 Å². The van der Waals surface area contributed by atoms with Crippen molar-refractivity contribution in [2.24, 2.45) is 0 Å². The lowest BCUT2D eigenvalue weighted by Gasteiger charge is -2.19. The number of hydrogen-bond donors (Lipinski definition) is 1. The van der Waals surface area contributed by atoms with Crippen LogP contribution in [0.2, 0.25) is 0 Å². The van der Waals surface area contributed by atoms with Gasteiger partial charge in [0, 0.05) is 11.5 Å². The third-order valence-corrected chi connectivity index (χ3v) is 3.49. The van der Waals surface area contributed by atoms with E-state index in [2.05, 4.69) is 4.74 Å². The van der Waals surface area contributed by atoms with Gasteiger partial charge in [-0.25, -0.2) is 4.79 Å². The first-order valence-corrected chi connectivity index (χ1v) is 7.54. The zero-order valence-corrected chi connectivity index (χ0v) is 13.9. The van der Waals surface area contributed by atoms with Crippen molar-refractivity contribution in [1.29, 1.82) is 0 Å². The number of hydrogen-bond acceptors (Lipinski definition) is 4. The molecule has 3 unspecified atom stereocenters. The fourth-order valence-corrected chi connectivity index (χ4v) is 2.64. The summed E-state index contributed by atoms with van der Waals surface area (Å²) >= 11 is 0. The minimum atomic E-state index is -3.17. The molecule has 1 aliphatic heterocycles. The molecule has 1 aliphatic rings. The van der Waals surface area contributed by atoms with Crippen molar-refractivity contribution in [3.8, 4) is 11.5 Å². The van der Waals surface area contributed by atoms with E-state index in [4.69, 9.17) is 9.47 Å². The molecule has 1 fully saturated rings. The maximum Gasteiger partial charge on any atom is 0.387 e. The fraction of sp³-hybridized carbons (Fsp3) is 0.562. The van der Waals surface area contributed by atoms with Crippen molar-refractivity contribution >= 4 is 5.97 Å². The van der Waals surface area contributed by atoms with E-state index in [0.717, 1.165) is 6.07 Å². The van der Waals surface area contributed by atoms with Gasteiger partial charge in [0.15, 0.2) is 17.6 Å². The molecule has 1 aromatic carbocycles. The van der Waals surface area contributed by atoms with Crippen LogP contribution in [0.3, 0.4) is 0 Å². The summed E-state index contributed by atoms with van der Waals surface area (Å²) in [6, 6.07) is 2.35. The molecule has 1 aromatic rings. The number of ether oxygens (including phenoxy) is 3. The van der Waals surface area contributed by atoms with Crippen LogP contribution in [0.5, 0.6) is 11.5 Å². The largest absolute Gasteiger partial charge is 0.493 e. The Morgan fingerprint density at radius 1 is 1.38 bits per heavy atom. The van der Waals surface area contributed by atoms with Crippen molar-refractivity contribution in [2.45, 2.75) is 51.9 Å². The van der Waals surface area contributed by atoms with Crippen molar-refractivity contribution in [3.05, 3.63) is 23.5 Å². The average molecular weight is 350 g/mol. The quantitative estimate of drug-likeness (QED) is 0.875. The van der Waals surface area contributed by atoms with Crippen LogP contribution in [-0.2, 0) is 9.53 Å². The fourth-order valence-electron chi connectivity index (χ4n) is 2.64. The zero-order chi connectivity index (χ0) is 18.4. The molecule has 0 amide bonds. The summed E-state index contributed by atoms with van der Waals surface area (Å²) in [7, 11) is 1.17. The molecule has 8 heteroatoms. The lowest BCUT2D eigenvalue weighted by molar-refractivity contribution is -0.149. The number of carboxylic acid groups (broad SMARTS) is 1. The Labute approximate surface area is 138 Å². The van der Waals surface area contributed by atoms with E-state index in [9.17, 15) is 23.1 Å². The lowest BCUT2D eigenvalue weighted by atomic mass is 9.90. The van der Waals surface area contributed by atoms with E-state index in [-0.39, 0.29) is 17.4 Å². The van der Waals surface area contributed by atoms with Gasteiger partial charge in [-0.3, -0.25) is 0 Å². The summed E-state index contributed by atoms with van der Waals surface area (Å²) in [4.78, 5) is 11.2. The molecule has 3 atom stereocenters. The topological polar surface area (TPSA) is 65.0 Å². The second-order valence-corrected chi connectivity index (χ2v) is 4.93. The van der Waals surface area contributed by atoms with Crippen molar-refractivity contribution in [1.82, 2.24) is 0 Å². The van der Waals surface area contributed by atoms with E-state index in [0.29, 0.717) is 6.42 Å². The first kappa shape index (κ1) is 20.1. The molecule has 24 heavy (non-hydrogen) atoms. The SMILES string of the molecule is CC.COc1c(C2CC(C)OC2C(=O)O)ccc(OC(F)F)c1F. The zero-order valence-electron chi connectivity index (χ0n) is 13.9. The number of methoxy groups -OCH3 is 1. The van der Waals surface area contributed by atoms with Gasteiger partial charge in [-0.2, -0.15) is 13.2 Å². The Balaban J connectivity index is 0.00000139. The van der Waals surface area contributed by atoms with Crippen LogP contribution in [0.4, 0.5) is 13.2 Å². The summed E-state index contributed by atoms with van der Waals surface area (Å²) in [5.74, 6) is -3.88. The molecule has 2 rings (SSSR count).